The number of hydrogen-bond donors (Lipinski definition) is 1. The van der Waals surface area contributed by atoms with Crippen LogP contribution in [0.25, 0.3) is 0 Å². The number of alkyl halides is 3. The standard InChI is InChI=1S/C27H24F3N3O5/c1-14-9-10-31-23(11-14)32-20-6-4-5-18-21(13-36-25(18)20)33(26(35)27(28,29)30)17-7-8-19-22(12-17)37-15(2)24(19)38-16(3)34/h4-12,15,21,24H,13H2,1-3H3,(H,31,32)/t15?,21-,24-/m1/s1. The number of anilines is 3. The van der Waals surface area contributed by atoms with Crippen molar-refractivity contribution >= 4 is 29.1 Å². The molecule has 198 valence electrons. The average Bonchev–Trinajstić information content (AvgIpc) is 3.40. The maximum atomic E-state index is 13.8. The summed E-state index contributed by atoms with van der Waals surface area (Å²) < 4.78 is 58.4. The van der Waals surface area contributed by atoms with E-state index < -0.39 is 36.3 Å². The van der Waals surface area contributed by atoms with Gasteiger partial charge in [0.2, 0.25) is 0 Å². The lowest BCUT2D eigenvalue weighted by Crippen LogP contribution is -2.44. The van der Waals surface area contributed by atoms with Crippen molar-refractivity contribution in [2.45, 2.75) is 45.2 Å². The lowest BCUT2D eigenvalue weighted by atomic mass is 10.0. The number of ether oxygens (including phenoxy) is 3. The summed E-state index contributed by atoms with van der Waals surface area (Å²) in [4.78, 5) is 29.2. The van der Waals surface area contributed by atoms with Gasteiger partial charge in [0, 0.05) is 36.0 Å². The van der Waals surface area contributed by atoms with Gasteiger partial charge in [0.15, 0.2) is 6.10 Å². The van der Waals surface area contributed by atoms with E-state index in [0.29, 0.717) is 33.3 Å². The van der Waals surface area contributed by atoms with Crippen molar-refractivity contribution in [1.29, 1.82) is 0 Å². The second-order valence-corrected chi connectivity index (χ2v) is 9.14. The molecule has 1 N–H and O–H groups in total. The van der Waals surface area contributed by atoms with Gasteiger partial charge in [0.1, 0.15) is 30.0 Å². The second kappa shape index (κ2) is 9.55. The number of rotatable bonds is 5. The van der Waals surface area contributed by atoms with Crippen molar-refractivity contribution in [2.75, 3.05) is 16.8 Å². The monoisotopic (exact) mass is 527 g/mol. The molecule has 0 saturated carbocycles. The molecule has 2 aromatic carbocycles. The van der Waals surface area contributed by atoms with E-state index in [-0.39, 0.29) is 18.0 Å². The summed E-state index contributed by atoms with van der Waals surface area (Å²) in [7, 11) is 0. The number of nitrogens with zero attached hydrogens (tertiary/aromatic N) is 2. The molecule has 5 rings (SSSR count). The van der Waals surface area contributed by atoms with E-state index in [1.54, 1.807) is 31.3 Å². The Bertz CT molecular complexity index is 1410. The maximum Gasteiger partial charge on any atom is 0.471 e. The molecule has 38 heavy (non-hydrogen) atoms. The van der Waals surface area contributed by atoms with Crippen LogP contribution < -0.4 is 19.7 Å². The molecule has 3 aromatic rings. The van der Waals surface area contributed by atoms with Gasteiger partial charge in [0.25, 0.3) is 0 Å². The first-order valence-electron chi connectivity index (χ1n) is 11.9. The molecule has 3 atom stereocenters. The van der Waals surface area contributed by atoms with Gasteiger partial charge in [-0.25, -0.2) is 4.98 Å². The number of esters is 1. The molecule has 1 unspecified atom stereocenters. The molecule has 11 heteroatoms. The smallest absolute Gasteiger partial charge is 0.471 e. The van der Waals surface area contributed by atoms with Crippen molar-refractivity contribution in [3.63, 3.8) is 0 Å². The molecular weight excluding hydrogens is 503 g/mol. The Morgan fingerprint density at radius 3 is 2.63 bits per heavy atom. The Labute approximate surface area is 216 Å². The normalized spacial score (nSPS) is 19.6. The summed E-state index contributed by atoms with van der Waals surface area (Å²) in [6.45, 7) is 4.66. The number of aryl methyl sites for hydroxylation is 1. The molecule has 0 aliphatic carbocycles. The van der Waals surface area contributed by atoms with Gasteiger partial charge in [0.05, 0.1) is 11.7 Å². The minimum absolute atomic E-state index is 0.0260. The zero-order valence-corrected chi connectivity index (χ0v) is 20.7. The molecule has 1 amide bonds. The number of nitrogens with one attached hydrogen (secondary N) is 1. The predicted molar refractivity (Wildman–Crippen MR) is 132 cm³/mol. The van der Waals surface area contributed by atoms with Crippen LogP contribution in [0.1, 0.15) is 42.7 Å². The molecule has 0 bridgehead atoms. The summed E-state index contributed by atoms with van der Waals surface area (Å²) in [6.07, 6.45) is -4.76. The topological polar surface area (TPSA) is 90.0 Å². The Morgan fingerprint density at radius 1 is 1.13 bits per heavy atom. The van der Waals surface area contributed by atoms with E-state index in [4.69, 9.17) is 14.2 Å². The Balaban J connectivity index is 1.53. The van der Waals surface area contributed by atoms with Gasteiger partial charge in [-0.1, -0.05) is 12.1 Å². The SMILES string of the molecule is CC(=O)O[C@H]1c2ccc(N(C(=O)C(F)(F)F)[C@@H]3COc4c(Nc5cc(C)ccn5)cccc43)cc2OC1C. The van der Waals surface area contributed by atoms with Crippen LogP contribution >= 0.6 is 0 Å². The lowest BCUT2D eigenvalue weighted by Gasteiger charge is -2.29. The highest BCUT2D eigenvalue weighted by Gasteiger charge is 2.48. The van der Waals surface area contributed by atoms with Crippen LogP contribution in [0.4, 0.5) is 30.4 Å². The number of carbonyl (C=O) groups is 2. The van der Waals surface area contributed by atoms with Crippen molar-refractivity contribution in [3.05, 3.63) is 71.4 Å². The Kier molecular flexibility index (Phi) is 6.38. The lowest BCUT2D eigenvalue weighted by molar-refractivity contribution is -0.171. The van der Waals surface area contributed by atoms with Crippen molar-refractivity contribution in [1.82, 2.24) is 4.98 Å². The first-order chi connectivity index (χ1) is 18.0. The first-order valence-corrected chi connectivity index (χ1v) is 11.9. The maximum absolute atomic E-state index is 13.8. The Hall–Kier alpha value is -4.28. The van der Waals surface area contributed by atoms with Crippen LogP contribution in [0.3, 0.4) is 0 Å². The van der Waals surface area contributed by atoms with E-state index >= 15 is 0 Å². The number of carbonyl (C=O) groups excluding carboxylic acids is 2. The molecular formula is C27H24F3N3O5. The minimum atomic E-state index is -5.14. The first kappa shape index (κ1) is 25.4. The third-order valence-electron chi connectivity index (χ3n) is 6.36. The molecule has 0 fully saturated rings. The van der Waals surface area contributed by atoms with Gasteiger partial charge < -0.3 is 19.5 Å². The van der Waals surface area contributed by atoms with Gasteiger partial charge >= 0.3 is 18.1 Å². The van der Waals surface area contributed by atoms with Crippen LogP contribution in [0.15, 0.2) is 54.7 Å². The highest BCUT2D eigenvalue weighted by atomic mass is 19.4. The summed E-state index contributed by atoms with van der Waals surface area (Å²) in [6, 6.07) is 11.9. The summed E-state index contributed by atoms with van der Waals surface area (Å²) in [5.41, 5.74) is 2.38. The number of halogens is 3. The zero-order valence-electron chi connectivity index (χ0n) is 20.7. The second-order valence-electron chi connectivity index (χ2n) is 9.14. The van der Waals surface area contributed by atoms with E-state index in [1.165, 1.54) is 25.1 Å². The summed E-state index contributed by atoms with van der Waals surface area (Å²) >= 11 is 0. The fourth-order valence-electron chi connectivity index (χ4n) is 4.72. The highest BCUT2D eigenvalue weighted by molar-refractivity contribution is 5.98. The summed E-state index contributed by atoms with van der Waals surface area (Å²) in [5.74, 6) is -1.44. The van der Waals surface area contributed by atoms with Crippen molar-refractivity contribution in [3.8, 4) is 11.5 Å². The molecule has 0 radical (unpaired) electrons. The molecule has 0 spiro atoms. The number of fused-ring (bicyclic) bond motifs is 2. The minimum Gasteiger partial charge on any atom is -0.488 e. The predicted octanol–water partition coefficient (Wildman–Crippen LogP) is 5.55. The number of benzene rings is 2. The number of amides is 1. The van der Waals surface area contributed by atoms with Crippen LogP contribution in [-0.4, -0.2) is 35.7 Å². The average molecular weight is 527 g/mol. The van der Waals surface area contributed by atoms with Crippen LogP contribution in [0.5, 0.6) is 11.5 Å². The molecule has 1 aromatic heterocycles. The third-order valence-corrected chi connectivity index (χ3v) is 6.36. The third kappa shape index (κ3) is 4.71. The fraction of sp³-hybridized carbons (Fsp3) is 0.296. The molecule has 3 heterocycles. The van der Waals surface area contributed by atoms with Gasteiger partial charge in [-0.15, -0.1) is 0 Å². The van der Waals surface area contributed by atoms with E-state index in [0.717, 1.165) is 5.56 Å². The molecule has 8 nitrogen and oxygen atoms in total. The van der Waals surface area contributed by atoms with Crippen LogP contribution in [-0.2, 0) is 14.3 Å². The Morgan fingerprint density at radius 2 is 1.92 bits per heavy atom. The van der Waals surface area contributed by atoms with Crippen LogP contribution in [0.2, 0.25) is 0 Å². The number of hydrogen-bond acceptors (Lipinski definition) is 7. The highest BCUT2D eigenvalue weighted by Crippen LogP contribution is 2.47. The summed E-state index contributed by atoms with van der Waals surface area (Å²) in [5, 5.41) is 3.14. The van der Waals surface area contributed by atoms with E-state index in [2.05, 4.69) is 10.3 Å². The molecule has 2 aliphatic heterocycles. The number of aromatic nitrogens is 1. The zero-order chi connectivity index (χ0) is 27.2. The quantitative estimate of drug-likeness (QED) is 0.436. The van der Waals surface area contributed by atoms with Crippen molar-refractivity contribution in [2.24, 2.45) is 0 Å². The van der Waals surface area contributed by atoms with Gasteiger partial charge in [-0.2, -0.15) is 13.2 Å². The number of para-hydroxylation sites is 1. The van der Waals surface area contributed by atoms with Crippen LogP contribution in [0, 0.1) is 6.92 Å². The van der Waals surface area contributed by atoms with Crippen molar-refractivity contribution < 1.29 is 37.0 Å². The molecule has 2 aliphatic rings. The molecule has 0 saturated heterocycles. The van der Waals surface area contributed by atoms with Gasteiger partial charge in [-0.05, 0) is 49.7 Å². The van der Waals surface area contributed by atoms with E-state index in [9.17, 15) is 22.8 Å². The number of pyridine rings is 1. The fourth-order valence-corrected chi connectivity index (χ4v) is 4.72. The van der Waals surface area contributed by atoms with Gasteiger partial charge in [-0.3, -0.25) is 14.5 Å². The largest absolute Gasteiger partial charge is 0.488 e. The van der Waals surface area contributed by atoms with E-state index in [1.807, 2.05) is 19.1 Å².